The molecule has 5 heteroatoms. The third-order valence-corrected chi connectivity index (χ3v) is 5.04. The van der Waals surface area contributed by atoms with E-state index >= 15 is 0 Å². The van der Waals surface area contributed by atoms with E-state index in [-0.39, 0.29) is 5.91 Å². The van der Waals surface area contributed by atoms with E-state index in [0.717, 1.165) is 45.2 Å². The van der Waals surface area contributed by atoms with Crippen molar-refractivity contribution in [2.45, 2.75) is 25.7 Å². The highest BCUT2D eigenvalue weighted by atomic mass is 79.9. The second kappa shape index (κ2) is 7.00. The van der Waals surface area contributed by atoms with Gasteiger partial charge in [0.15, 0.2) is 0 Å². The normalized spacial score (nSPS) is 14.5. The Morgan fingerprint density at radius 1 is 1.15 bits per heavy atom. The maximum atomic E-state index is 12.8. The summed E-state index contributed by atoms with van der Waals surface area (Å²) in [6, 6.07) is 17.5. The van der Waals surface area contributed by atoms with Crippen molar-refractivity contribution in [3.8, 4) is 0 Å². The van der Waals surface area contributed by atoms with Gasteiger partial charge < -0.3 is 0 Å². The van der Waals surface area contributed by atoms with Crippen LogP contribution in [0.4, 0.5) is 0 Å². The topological polar surface area (TPSA) is 54.4 Å². The Kier molecular flexibility index (Phi) is 4.55. The summed E-state index contributed by atoms with van der Waals surface area (Å²) in [6.07, 6.45) is 2.28. The molecule has 0 saturated heterocycles. The van der Waals surface area contributed by atoms with Crippen LogP contribution < -0.4 is 5.43 Å². The average Bonchev–Trinajstić information content (AvgIpc) is 3.51. The van der Waals surface area contributed by atoms with Crippen molar-refractivity contribution in [3.63, 3.8) is 0 Å². The van der Waals surface area contributed by atoms with Crippen LogP contribution in [0.25, 0.3) is 10.9 Å². The second-order valence-electron chi connectivity index (χ2n) is 6.53. The van der Waals surface area contributed by atoms with Crippen molar-refractivity contribution in [1.82, 2.24) is 10.4 Å². The molecule has 1 heterocycles. The minimum absolute atomic E-state index is 0.215. The van der Waals surface area contributed by atoms with Crippen molar-refractivity contribution in [1.29, 1.82) is 0 Å². The fraction of sp³-hybridized carbons (Fsp3) is 0.190. The van der Waals surface area contributed by atoms with Crippen LogP contribution in [-0.2, 0) is 0 Å². The lowest BCUT2D eigenvalue weighted by atomic mass is 10.1. The van der Waals surface area contributed by atoms with Gasteiger partial charge in [0.25, 0.3) is 5.91 Å². The van der Waals surface area contributed by atoms with Gasteiger partial charge in [-0.25, -0.2) is 5.43 Å². The van der Waals surface area contributed by atoms with Crippen LogP contribution in [-0.4, -0.2) is 16.6 Å². The number of aromatic nitrogens is 1. The molecule has 130 valence electrons. The zero-order valence-corrected chi connectivity index (χ0v) is 16.0. The molecule has 1 amide bonds. The number of carbonyl (C=O) groups is 1. The third-order valence-electron chi connectivity index (χ3n) is 4.55. The van der Waals surface area contributed by atoms with Gasteiger partial charge in [-0.05, 0) is 49.6 Å². The minimum Gasteiger partial charge on any atom is -0.267 e. The molecule has 1 fully saturated rings. The predicted molar refractivity (Wildman–Crippen MR) is 108 cm³/mol. The summed E-state index contributed by atoms with van der Waals surface area (Å²) < 4.78 is 0.920. The standard InChI is InChI=1S/C21H18BrN3O/c1-13(14-5-3-2-4-6-14)24-25-21(26)18-12-20(15-7-8-15)23-19-10-9-16(22)11-17(18)19/h2-6,9-12,15H,7-8H2,1H3,(H,25,26). The molecule has 0 radical (unpaired) electrons. The van der Waals surface area contributed by atoms with Crippen molar-refractivity contribution in [2.24, 2.45) is 5.10 Å². The number of pyridine rings is 1. The average molecular weight is 408 g/mol. The number of nitrogens with one attached hydrogen (secondary N) is 1. The summed E-state index contributed by atoms with van der Waals surface area (Å²) in [7, 11) is 0. The Bertz CT molecular complexity index is 1010. The number of hydrogen-bond donors (Lipinski definition) is 1. The van der Waals surface area contributed by atoms with Crippen LogP contribution in [0.5, 0.6) is 0 Å². The van der Waals surface area contributed by atoms with E-state index in [4.69, 9.17) is 4.98 Å². The smallest absolute Gasteiger partial charge is 0.267 e. The summed E-state index contributed by atoms with van der Waals surface area (Å²) in [5, 5.41) is 5.10. The fourth-order valence-electron chi connectivity index (χ4n) is 2.93. The predicted octanol–water partition coefficient (Wildman–Crippen LogP) is 5.03. The third kappa shape index (κ3) is 3.53. The Labute approximate surface area is 160 Å². The van der Waals surface area contributed by atoms with Gasteiger partial charge in [0.1, 0.15) is 0 Å². The van der Waals surface area contributed by atoms with E-state index in [9.17, 15) is 4.79 Å². The number of hydrogen-bond acceptors (Lipinski definition) is 3. The Hall–Kier alpha value is -2.53. The number of benzene rings is 2. The van der Waals surface area contributed by atoms with Crippen molar-refractivity contribution >= 4 is 38.5 Å². The van der Waals surface area contributed by atoms with Crippen molar-refractivity contribution < 1.29 is 4.79 Å². The first-order valence-electron chi connectivity index (χ1n) is 8.62. The molecule has 3 aromatic rings. The number of halogens is 1. The lowest BCUT2D eigenvalue weighted by Gasteiger charge is -2.09. The zero-order valence-electron chi connectivity index (χ0n) is 14.4. The molecule has 1 aliphatic rings. The van der Waals surface area contributed by atoms with E-state index in [2.05, 4.69) is 26.5 Å². The summed E-state index contributed by atoms with van der Waals surface area (Å²) in [5.41, 5.74) is 6.89. The molecule has 0 unspecified atom stereocenters. The van der Waals surface area contributed by atoms with Gasteiger partial charge in [-0.1, -0.05) is 46.3 Å². The molecular formula is C21H18BrN3O. The van der Waals surface area contributed by atoms with Gasteiger partial charge in [-0.2, -0.15) is 5.10 Å². The summed E-state index contributed by atoms with van der Waals surface area (Å²) in [6.45, 7) is 1.88. The molecule has 1 saturated carbocycles. The van der Waals surface area contributed by atoms with Gasteiger partial charge in [0.2, 0.25) is 0 Å². The van der Waals surface area contributed by atoms with E-state index in [1.165, 1.54) is 0 Å². The molecule has 0 bridgehead atoms. The largest absolute Gasteiger partial charge is 0.272 e. The molecule has 1 aromatic heterocycles. The number of carbonyl (C=O) groups excluding carboxylic acids is 1. The first kappa shape index (κ1) is 16.9. The van der Waals surface area contributed by atoms with Gasteiger partial charge in [-0.15, -0.1) is 0 Å². The molecule has 1 aliphatic carbocycles. The lowest BCUT2D eigenvalue weighted by Crippen LogP contribution is -2.20. The first-order valence-corrected chi connectivity index (χ1v) is 9.41. The van der Waals surface area contributed by atoms with Crippen LogP contribution in [0.2, 0.25) is 0 Å². The highest BCUT2D eigenvalue weighted by molar-refractivity contribution is 9.10. The highest BCUT2D eigenvalue weighted by Crippen LogP contribution is 2.40. The van der Waals surface area contributed by atoms with E-state index in [1.807, 2.05) is 61.5 Å². The highest BCUT2D eigenvalue weighted by Gasteiger charge is 2.27. The number of hydrazone groups is 1. The molecule has 4 nitrogen and oxygen atoms in total. The molecule has 2 aromatic carbocycles. The van der Waals surface area contributed by atoms with Crippen LogP contribution >= 0.6 is 15.9 Å². The van der Waals surface area contributed by atoms with E-state index < -0.39 is 0 Å². The van der Waals surface area contributed by atoms with Crippen LogP contribution in [0.1, 0.15) is 47.3 Å². The fourth-order valence-corrected chi connectivity index (χ4v) is 3.29. The maximum Gasteiger partial charge on any atom is 0.272 e. The monoisotopic (exact) mass is 407 g/mol. The number of fused-ring (bicyclic) bond motifs is 1. The molecule has 0 atom stereocenters. The molecule has 26 heavy (non-hydrogen) atoms. The lowest BCUT2D eigenvalue weighted by molar-refractivity contribution is 0.0956. The van der Waals surface area contributed by atoms with Crippen LogP contribution in [0, 0.1) is 0 Å². The second-order valence-corrected chi connectivity index (χ2v) is 7.45. The van der Waals surface area contributed by atoms with Gasteiger partial charge in [-0.3, -0.25) is 9.78 Å². The van der Waals surface area contributed by atoms with Crippen LogP contribution in [0.15, 0.2) is 64.2 Å². The van der Waals surface area contributed by atoms with Gasteiger partial charge in [0.05, 0.1) is 16.8 Å². The van der Waals surface area contributed by atoms with E-state index in [1.54, 1.807) is 0 Å². The van der Waals surface area contributed by atoms with Crippen molar-refractivity contribution in [3.05, 3.63) is 75.9 Å². The number of rotatable bonds is 4. The summed E-state index contributed by atoms with van der Waals surface area (Å²) in [5.74, 6) is 0.261. The molecular weight excluding hydrogens is 390 g/mol. The molecule has 1 N–H and O–H groups in total. The minimum atomic E-state index is -0.215. The number of amides is 1. The Morgan fingerprint density at radius 2 is 1.92 bits per heavy atom. The summed E-state index contributed by atoms with van der Waals surface area (Å²) in [4.78, 5) is 17.6. The Morgan fingerprint density at radius 3 is 2.65 bits per heavy atom. The molecule has 0 spiro atoms. The van der Waals surface area contributed by atoms with Gasteiger partial charge in [0, 0.05) is 21.5 Å². The maximum absolute atomic E-state index is 12.8. The summed E-state index contributed by atoms with van der Waals surface area (Å²) >= 11 is 3.48. The van der Waals surface area contributed by atoms with Gasteiger partial charge >= 0.3 is 0 Å². The Balaban J connectivity index is 1.68. The molecule has 4 rings (SSSR count). The zero-order chi connectivity index (χ0) is 18.1. The van der Waals surface area contributed by atoms with E-state index in [0.29, 0.717) is 11.5 Å². The molecule has 0 aliphatic heterocycles. The van der Waals surface area contributed by atoms with Crippen molar-refractivity contribution in [2.75, 3.05) is 0 Å². The van der Waals surface area contributed by atoms with Crippen LogP contribution in [0.3, 0.4) is 0 Å². The number of nitrogens with zero attached hydrogens (tertiary/aromatic N) is 2. The first-order chi connectivity index (χ1) is 12.6. The quantitative estimate of drug-likeness (QED) is 0.486. The SMILES string of the molecule is CC(=NNC(=O)c1cc(C2CC2)nc2ccc(Br)cc12)c1ccccc1.